The normalized spacial score (nSPS) is 11.3. The average molecular weight is 416 g/mol. The lowest BCUT2D eigenvalue weighted by atomic mass is 10.1. The summed E-state index contributed by atoms with van der Waals surface area (Å²) < 4.78 is 68.0. The van der Waals surface area contributed by atoms with E-state index in [1.165, 1.54) is 30.3 Å². The van der Waals surface area contributed by atoms with Crippen molar-refractivity contribution in [1.82, 2.24) is 4.90 Å². The van der Waals surface area contributed by atoms with Gasteiger partial charge in [-0.1, -0.05) is 18.2 Å². The minimum Gasteiger partial charge on any atom is -0.435 e. The fraction of sp³-hybridized carbons (Fsp3) is 0.263. The van der Waals surface area contributed by atoms with Crippen molar-refractivity contribution in [3.63, 3.8) is 0 Å². The van der Waals surface area contributed by atoms with Crippen LogP contribution in [-0.4, -0.2) is 36.4 Å². The Morgan fingerprint density at radius 2 is 1.79 bits per heavy atom. The van der Waals surface area contributed by atoms with E-state index in [-0.39, 0.29) is 17.9 Å². The van der Waals surface area contributed by atoms with Crippen molar-refractivity contribution in [3.8, 4) is 5.75 Å². The van der Waals surface area contributed by atoms with Crippen molar-refractivity contribution in [2.45, 2.75) is 19.7 Å². The molecule has 0 aliphatic carbocycles. The zero-order chi connectivity index (χ0) is 21.6. The Kier molecular flexibility index (Phi) is 7.13. The van der Waals surface area contributed by atoms with Gasteiger partial charge in [-0.2, -0.15) is 22.0 Å². The fourth-order valence-corrected chi connectivity index (χ4v) is 2.52. The summed E-state index contributed by atoms with van der Waals surface area (Å²) in [6.07, 6.45) is -4.66. The SMILES string of the molecule is CCN(CC(=O)Nc1ccccc1C(F)(F)F)C(=O)c1cccc(OC(F)F)c1. The van der Waals surface area contributed by atoms with E-state index < -0.39 is 42.4 Å². The summed E-state index contributed by atoms with van der Waals surface area (Å²) in [5.74, 6) is -1.73. The van der Waals surface area contributed by atoms with E-state index in [2.05, 4.69) is 10.1 Å². The zero-order valence-electron chi connectivity index (χ0n) is 15.2. The molecular formula is C19H17F5N2O3. The molecule has 0 fully saturated rings. The standard InChI is InChI=1S/C19H17F5N2O3/c1-2-26(17(28)12-6-5-7-13(10-12)29-18(20)21)11-16(27)25-15-9-4-3-8-14(15)19(22,23)24/h3-10,18H,2,11H2,1H3,(H,25,27). The number of benzene rings is 2. The van der Waals surface area contributed by atoms with Gasteiger partial charge in [0, 0.05) is 12.1 Å². The number of nitrogens with zero attached hydrogens (tertiary/aromatic N) is 1. The second-order valence-corrected chi connectivity index (χ2v) is 5.82. The molecule has 0 atom stereocenters. The maximum absolute atomic E-state index is 13.0. The number of carbonyl (C=O) groups excluding carboxylic acids is 2. The highest BCUT2D eigenvalue weighted by Gasteiger charge is 2.33. The Labute approximate surface area is 163 Å². The van der Waals surface area contributed by atoms with Crippen LogP contribution >= 0.6 is 0 Å². The molecule has 1 N–H and O–H groups in total. The van der Waals surface area contributed by atoms with E-state index in [0.29, 0.717) is 0 Å². The van der Waals surface area contributed by atoms with E-state index in [1.807, 2.05) is 0 Å². The first-order valence-electron chi connectivity index (χ1n) is 8.42. The van der Waals surface area contributed by atoms with E-state index in [9.17, 15) is 31.5 Å². The molecule has 0 heterocycles. The Morgan fingerprint density at radius 1 is 1.10 bits per heavy atom. The number of likely N-dealkylation sites (N-methyl/N-ethyl adjacent to an activating group) is 1. The smallest absolute Gasteiger partial charge is 0.418 e. The van der Waals surface area contributed by atoms with Crippen LogP contribution in [-0.2, 0) is 11.0 Å². The van der Waals surface area contributed by atoms with Crippen LogP contribution in [0.3, 0.4) is 0 Å². The third-order valence-electron chi connectivity index (χ3n) is 3.82. The third kappa shape index (κ3) is 6.16. The number of ether oxygens (including phenoxy) is 1. The highest BCUT2D eigenvalue weighted by atomic mass is 19.4. The molecule has 2 amide bonds. The maximum atomic E-state index is 13.0. The first-order chi connectivity index (χ1) is 13.6. The average Bonchev–Trinajstić information content (AvgIpc) is 2.65. The molecule has 0 saturated carbocycles. The van der Waals surface area contributed by atoms with Crippen LogP contribution in [0.2, 0.25) is 0 Å². The third-order valence-corrected chi connectivity index (χ3v) is 3.82. The van der Waals surface area contributed by atoms with E-state index >= 15 is 0 Å². The molecule has 156 valence electrons. The molecule has 0 saturated heterocycles. The van der Waals surface area contributed by atoms with Crippen molar-refractivity contribution < 1.29 is 36.3 Å². The molecule has 2 rings (SSSR count). The number of anilines is 1. The molecule has 29 heavy (non-hydrogen) atoms. The molecular weight excluding hydrogens is 399 g/mol. The van der Waals surface area contributed by atoms with Crippen LogP contribution in [0.4, 0.5) is 27.6 Å². The number of halogens is 5. The molecule has 0 aliphatic rings. The van der Waals surface area contributed by atoms with Gasteiger partial charge in [0.05, 0.1) is 11.3 Å². The predicted molar refractivity (Wildman–Crippen MR) is 94.7 cm³/mol. The van der Waals surface area contributed by atoms with Crippen LogP contribution < -0.4 is 10.1 Å². The van der Waals surface area contributed by atoms with E-state index in [4.69, 9.17) is 0 Å². The molecule has 0 aliphatic heterocycles. The number of hydrogen-bond acceptors (Lipinski definition) is 3. The van der Waals surface area contributed by atoms with Crippen LogP contribution in [0.5, 0.6) is 5.75 Å². The van der Waals surface area contributed by atoms with Gasteiger partial charge in [0.2, 0.25) is 5.91 Å². The van der Waals surface area contributed by atoms with Crippen LogP contribution in [0.15, 0.2) is 48.5 Å². The Hall–Kier alpha value is -3.17. The van der Waals surface area contributed by atoms with Gasteiger partial charge >= 0.3 is 12.8 Å². The molecule has 0 bridgehead atoms. The van der Waals surface area contributed by atoms with Crippen molar-refractivity contribution in [2.75, 3.05) is 18.4 Å². The summed E-state index contributed by atoms with van der Waals surface area (Å²) in [6.45, 7) is -1.97. The molecule has 5 nitrogen and oxygen atoms in total. The largest absolute Gasteiger partial charge is 0.435 e. The number of carbonyl (C=O) groups is 2. The van der Waals surface area contributed by atoms with Crippen LogP contribution in [0.25, 0.3) is 0 Å². The second kappa shape index (κ2) is 9.35. The van der Waals surface area contributed by atoms with Gasteiger partial charge in [-0.25, -0.2) is 0 Å². The summed E-state index contributed by atoms with van der Waals surface area (Å²) in [6, 6.07) is 9.46. The van der Waals surface area contributed by atoms with E-state index in [0.717, 1.165) is 23.1 Å². The number of amides is 2. The van der Waals surface area contributed by atoms with Gasteiger partial charge in [-0.15, -0.1) is 0 Å². The van der Waals surface area contributed by atoms with Gasteiger partial charge in [-0.05, 0) is 37.3 Å². The molecule has 0 unspecified atom stereocenters. The molecule has 2 aromatic carbocycles. The van der Waals surface area contributed by atoms with Gasteiger partial charge in [0.1, 0.15) is 12.3 Å². The first kappa shape index (κ1) is 22.1. The lowest BCUT2D eigenvalue weighted by Crippen LogP contribution is -2.38. The topological polar surface area (TPSA) is 58.6 Å². The number of nitrogens with one attached hydrogen (secondary N) is 1. The fourth-order valence-electron chi connectivity index (χ4n) is 2.52. The lowest BCUT2D eigenvalue weighted by molar-refractivity contribution is -0.137. The quantitative estimate of drug-likeness (QED) is 0.681. The molecule has 2 aromatic rings. The summed E-state index contributed by atoms with van der Waals surface area (Å²) in [4.78, 5) is 25.8. The Morgan fingerprint density at radius 3 is 2.41 bits per heavy atom. The van der Waals surface area contributed by atoms with Gasteiger partial charge in [0.25, 0.3) is 5.91 Å². The van der Waals surface area contributed by atoms with Gasteiger partial charge in [0.15, 0.2) is 0 Å². The molecule has 0 aromatic heterocycles. The molecule has 0 spiro atoms. The first-order valence-corrected chi connectivity index (χ1v) is 8.42. The number of alkyl halides is 5. The Balaban J connectivity index is 2.12. The van der Waals surface area contributed by atoms with Gasteiger partial charge in [-0.3, -0.25) is 9.59 Å². The summed E-state index contributed by atoms with van der Waals surface area (Å²) in [5, 5.41) is 2.15. The number of para-hydroxylation sites is 1. The summed E-state index contributed by atoms with van der Waals surface area (Å²) in [5.41, 5.74) is -1.45. The van der Waals surface area contributed by atoms with E-state index in [1.54, 1.807) is 6.92 Å². The van der Waals surface area contributed by atoms with Crippen molar-refractivity contribution in [3.05, 3.63) is 59.7 Å². The van der Waals surface area contributed by atoms with Crippen LogP contribution in [0, 0.1) is 0 Å². The summed E-state index contributed by atoms with van der Waals surface area (Å²) >= 11 is 0. The second-order valence-electron chi connectivity index (χ2n) is 5.82. The minimum atomic E-state index is -4.66. The monoisotopic (exact) mass is 416 g/mol. The van der Waals surface area contributed by atoms with Crippen molar-refractivity contribution in [2.24, 2.45) is 0 Å². The number of rotatable bonds is 7. The summed E-state index contributed by atoms with van der Waals surface area (Å²) in [7, 11) is 0. The lowest BCUT2D eigenvalue weighted by Gasteiger charge is -2.21. The maximum Gasteiger partial charge on any atom is 0.418 e. The number of hydrogen-bond donors (Lipinski definition) is 1. The van der Waals surface area contributed by atoms with Gasteiger partial charge < -0.3 is 15.0 Å². The van der Waals surface area contributed by atoms with Crippen LogP contribution in [0.1, 0.15) is 22.8 Å². The Bertz CT molecular complexity index is 871. The van der Waals surface area contributed by atoms with Crippen molar-refractivity contribution in [1.29, 1.82) is 0 Å². The van der Waals surface area contributed by atoms with Crippen molar-refractivity contribution >= 4 is 17.5 Å². The molecule has 10 heteroatoms. The highest BCUT2D eigenvalue weighted by Crippen LogP contribution is 2.34. The zero-order valence-corrected chi connectivity index (χ0v) is 15.2. The molecule has 0 radical (unpaired) electrons. The predicted octanol–water partition coefficient (Wildman–Crippen LogP) is 4.41. The highest BCUT2D eigenvalue weighted by molar-refractivity contribution is 5.99. The minimum absolute atomic E-state index is 0.00603.